The number of non-ortho nitro benzene ring substituents is 1. The van der Waals surface area contributed by atoms with Crippen molar-refractivity contribution in [1.29, 1.82) is 0 Å². The minimum Gasteiger partial charge on any atom is -0.508 e. The fourth-order valence-corrected chi connectivity index (χ4v) is 3.19. The molecule has 1 heterocycles. The lowest BCUT2D eigenvalue weighted by atomic mass is 10.0. The fourth-order valence-electron chi connectivity index (χ4n) is 3.19. The molecule has 4 aromatic rings. The van der Waals surface area contributed by atoms with Gasteiger partial charge in [-0.15, -0.1) is 0 Å². The van der Waals surface area contributed by atoms with Crippen molar-refractivity contribution in [2.24, 2.45) is 5.10 Å². The Hall–Kier alpha value is -4.46. The number of aromatic hydroxyl groups is 1. The number of carbonyl (C=O) groups excluding carboxylic acids is 1. The largest absolute Gasteiger partial charge is 0.508 e. The molecule has 0 saturated heterocycles. The molecule has 1 aromatic heterocycles. The van der Waals surface area contributed by atoms with Crippen LogP contribution in [0.1, 0.15) is 16.1 Å². The third-order valence-corrected chi connectivity index (χ3v) is 4.53. The van der Waals surface area contributed by atoms with Crippen LogP contribution < -0.4 is 5.43 Å². The van der Waals surface area contributed by atoms with Crippen molar-refractivity contribution < 1.29 is 14.8 Å². The SMILES string of the molecule is O=C(N/N=C/c1cccc(O)c1)c1[nH]c2ccc([N+](=O)[O-])cc2c1-c1ccccc1. The number of fused-ring (bicyclic) bond motifs is 1. The molecule has 0 saturated carbocycles. The maximum atomic E-state index is 12.8. The van der Waals surface area contributed by atoms with E-state index in [1.165, 1.54) is 30.5 Å². The molecule has 148 valence electrons. The smallest absolute Gasteiger partial charge is 0.288 e. The Balaban J connectivity index is 1.74. The average Bonchev–Trinajstić information content (AvgIpc) is 3.13. The van der Waals surface area contributed by atoms with Gasteiger partial charge in [-0.2, -0.15) is 5.10 Å². The first kappa shape index (κ1) is 18.9. The number of amides is 1. The van der Waals surface area contributed by atoms with Crippen molar-refractivity contribution in [3.63, 3.8) is 0 Å². The zero-order chi connectivity index (χ0) is 21.1. The summed E-state index contributed by atoms with van der Waals surface area (Å²) in [6.45, 7) is 0. The van der Waals surface area contributed by atoms with Crippen LogP contribution in [0.3, 0.4) is 0 Å². The molecular formula is C22H16N4O4. The molecule has 4 rings (SSSR count). The van der Waals surface area contributed by atoms with E-state index in [9.17, 15) is 20.0 Å². The first-order chi connectivity index (χ1) is 14.5. The van der Waals surface area contributed by atoms with Crippen LogP contribution in [0.25, 0.3) is 22.0 Å². The maximum Gasteiger partial charge on any atom is 0.288 e. The van der Waals surface area contributed by atoms with E-state index in [2.05, 4.69) is 15.5 Å². The molecule has 8 heteroatoms. The molecule has 3 N–H and O–H groups in total. The van der Waals surface area contributed by atoms with Gasteiger partial charge in [0.05, 0.1) is 11.1 Å². The fraction of sp³-hybridized carbons (Fsp3) is 0. The Morgan fingerprint density at radius 3 is 2.60 bits per heavy atom. The lowest BCUT2D eigenvalue weighted by molar-refractivity contribution is -0.384. The monoisotopic (exact) mass is 400 g/mol. The van der Waals surface area contributed by atoms with Crippen LogP contribution in [-0.2, 0) is 0 Å². The molecule has 0 atom stereocenters. The number of rotatable bonds is 5. The second kappa shape index (κ2) is 7.88. The van der Waals surface area contributed by atoms with E-state index in [0.29, 0.717) is 22.0 Å². The number of carbonyl (C=O) groups is 1. The number of hydrogen-bond donors (Lipinski definition) is 3. The first-order valence-electron chi connectivity index (χ1n) is 9.01. The Morgan fingerprint density at radius 1 is 1.07 bits per heavy atom. The molecule has 0 spiro atoms. The van der Waals surface area contributed by atoms with Gasteiger partial charge >= 0.3 is 0 Å². The van der Waals surface area contributed by atoms with Crippen molar-refractivity contribution >= 4 is 28.7 Å². The normalized spacial score (nSPS) is 11.1. The van der Waals surface area contributed by atoms with Crippen LogP contribution >= 0.6 is 0 Å². The summed E-state index contributed by atoms with van der Waals surface area (Å²) in [5.74, 6) is -0.405. The van der Waals surface area contributed by atoms with Crippen molar-refractivity contribution in [3.8, 4) is 16.9 Å². The van der Waals surface area contributed by atoms with E-state index in [1.54, 1.807) is 18.2 Å². The Bertz CT molecular complexity index is 1280. The number of nitro groups is 1. The highest BCUT2D eigenvalue weighted by molar-refractivity contribution is 6.10. The lowest BCUT2D eigenvalue weighted by Crippen LogP contribution is -2.18. The van der Waals surface area contributed by atoms with E-state index >= 15 is 0 Å². The van der Waals surface area contributed by atoms with Gasteiger partial charge in [-0.05, 0) is 29.3 Å². The van der Waals surface area contributed by atoms with Gasteiger partial charge in [0.2, 0.25) is 0 Å². The van der Waals surface area contributed by atoms with Gasteiger partial charge in [0.1, 0.15) is 11.4 Å². The van der Waals surface area contributed by atoms with Crippen molar-refractivity contribution in [3.05, 3.63) is 94.2 Å². The minimum absolute atomic E-state index is 0.0625. The molecular weight excluding hydrogens is 384 g/mol. The van der Waals surface area contributed by atoms with Gasteiger partial charge in [-0.1, -0.05) is 42.5 Å². The molecule has 0 bridgehead atoms. The minimum atomic E-state index is -0.496. The van der Waals surface area contributed by atoms with Crippen LogP contribution in [0.4, 0.5) is 5.69 Å². The summed E-state index contributed by atoms with van der Waals surface area (Å²) in [7, 11) is 0. The number of aromatic nitrogens is 1. The Morgan fingerprint density at radius 2 is 1.87 bits per heavy atom. The third-order valence-electron chi connectivity index (χ3n) is 4.53. The van der Waals surface area contributed by atoms with Gasteiger partial charge in [0.15, 0.2) is 0 Å². The molecule has 0 radical (unpaired) electrons. The second-order valence-corrected chi connectivity index (χ2v) is 6.52. The number of H-pyrrole nitrogens is 1. The third kappa shape index (κ3) is 3.74. The van der Waals surface area contributed by atoms with E-state index in [-0.39, 0.29) is 17.1 Å². The molecule has 0 aliphatic carbocycles. The van der Waals surface area contributed by atoms with Crippen molar-refractivity contribution in [2.45, 2.75) is 0 Å². The zero-order valence-electron chi connectivity index (χ0n) is 15.6. The molecule has 0 fully saturated rings. The summed E-state index contributed by atoms with van der Waals surface area (Å²) in [6.07, 6.45) is 1.41. The summed E-state index contributed by atoms with van der Waals surface area (Å²) in [4.78, 5) is 26.6. The van der Waals surface area contributed by atoms with Crippen LogP contribution in [0.2, 0.25) is 0 Å². The summed E-state index contributed by atoms with van der Waals surface area (Å²) in [6, 6.07) is 20.0. The zero-order valence-corrected chi connectivity index (χ0v) is 15.6. The molecule has 0 aliphatic rings. The van der Waals surface area contributed by atoms with Gasteiger partial charge in [-0.25, -0.2) is 5.43 Å². The number of hydrogen-bond acceptors (Lipinski definition) is 5. The number of benzene rings is 3. The van der Waals surface area contributed by atoms with E-state index in [4.69, 9.17) is 0 Å². The van der Waals surface area contributed by atoms with Crippen molar-refractivity contribution in [2.75, 3.05) is 0 Å². The first-order valence-corrected chi connectivity index (χ1v) is 9.01. The topological polar surface area (TPSA) is 121 Å². The van der Waals surface area contributed by atoms with Gasteiger partial charge in [0.25, 0.3) is 11.6 Å². The summed E-state index contributed by atoms with van der Waals surface area (Å²) in [5, 5.41) is 25.2. The van der Waals surface area contributed by atoms with E-state index in [0.717, 1.165) is 5.56 Å². The number of nitro benzene ring substituents is 1. The predicted molar refractivity (Wildman–Crippen MR) is 114 cm³/mol. The van der Waals surface area contributed by atoms with Gasteiger partial charge < -0.3 is 10.1 Å². The molecule has 0 unspecified atom stereocenters. The number of phenols is 1. The molecule has 30 heavy (non-hydrogen) atoms. The number of nitrogens with zero attached hydrogens (tertiary/aromatic N) is 2. The number of nitrogens with one attached hydrogen (secondary N) is 2. The standard InChI is InChI=1S/C22H16N4O4/c27-17-8-4-5-14(11-17)13-23-25-22(28)21-20(15-6-2-1-3-7-15)18-12-16(26(29)30)9-10-19(18)24-21/h1-13,24,27H,(H,25,28)/b23-13+. The summed E-state index contributed by atoms with van der Waals surface area (Å²) < 4.78 is 0. The van der Waals surface area contributed by atoms with E-state index in [1.807, 2.05) is 30.3 Å². The van der Waals surface area contributed by atoms with Crippen molar-refractivity contribution in [1.82, 2.24) is 10.4 Å². The quantitative estimate of drug-likeness (QED) is 0.264. The maximum absolute atomic E-state index is 12.8. The molecule has 0 aliphatic heterocycles. The highest BCUT2D eigenvalue weighted by Crippen LogP contribution is 2.34. The molecule has 1 amide bonds. The van der Waals surface area contributed by atoms with Gasteiger partial charge in [-0.3, -0.25) is 14.9 Å². The molecule has 8 nitrogen and oxygen atoms in total. The van der Waals surface area contributed by atoms with Gasteiger partial charge in [0, 0.05) is 28.6 Å². The summed E-state index contributed by atoms with van der Waals surface area (Å²) >= 11 is 0. The Labute approximate surface area is 170 Å². The molecule has 3 aromatic carbocycles. The van der Waals surface area contributed by atoms with Crippen LogP contribution in [0.5, 0.6) is 5.75 Å². The van der Waals surface area contributed by atoms with Crippen LogP contribution in [-0.4, -0.2) is 27.1 Å². The highest BCUT2D eigenvalue weighted by atomic mass is 16.6. The average molecular weight is 400 g/mol. The highest BCUT2D eigenvalue weighted by Gasteiger charge is 2.21. The predicted octanol–water partition coefficient (Wildman–Crippen LogP) is 4.21. The van der Waals surface area contributed by atoms with Crippen LogP contribution in [0, 0.1) is 10.1 Å². The number of phenolic OH excluding ortho intramolecular Hbond substituents is 1. The summed E-state index contributed by atoms with van der Waals surface area (Å²) in [5.41, 5.74) is 5.15. The van der Waals surface area contributed by atoms with Crippen LogP contribution in [0.15, 0.2) is 77.9 Å². The lowest BCUT2D eigenvalue weighted by Gasteiger charge is -2.04. The number of aromatic amines is 1. The van der Waals surface area contributed by atoms with E-state index < -0.39 is 10.8 Å². The Kier molecular flexibility index (Phi) is 4.96. The number of hydrazone groups is 1. The second-order valence-electron chi connectivity index (χ2n) is 6.52.